The fourth-order valence-corrected chi connectivity index (χ4v) is 3.61. The highest BCUT2D eigenvalue weighted by Crippen LogP contribution is 2.34. The van der Waals surface area contributed by atoms with E-state index in [-0.39, 0.29) is 21.6 Å². The molecule has 7 heteroatoms. The standard InChI is InChI=1S/C11H15N3O2S2/c1-2-7-6-8(7)14-18(15,16)9-4-3-5-13-10(9)11(12)17/h3-5,7-8,14H,2,6H2,1H3,(H2,12,17). The molecule has 2 rings (SSSR count). The van der Waals surface area contributed by atoms with Crippen LogP contribution in [0.2, 0.25) is 0 Å². The van der Waals surface area contributed by atoms with Crippen LogP contribution < -0.4 is 10.5 Å². The summed E-state index contributed by atoms with van der Waals surface area (Å²) in [6.07, 6.45) is 3.33. The second kappa shape index (κ2) is 4.91. The number of nitrogens with one attached hydrogen (secondary N) is 1. The molecule has 0 bridgehead atoms. The number of rotatable bonds is 5. The molecule has 1 heterocycles. The Kier molecular flexibility index (Phi) is 3.65. The number of aromatic nitrogens is 1. The van der Waals surface area contributed by atoms with Crippen LogP contribution in [-0.4, -0.2) is 24.4 Å². The number of nitrogens with zero attached hydrogens (tertiary/aromatic N) is 1. The number of sulfonamides is 1. The van der Waals surface area contributed by atoms with Crippen LogP contribution in [0, 0.1) is 5.92 Å². The zero-order valence-corrected chi connectivity index (χ0v) is 11.6. The van der Waals surface area contributed by atoms with Gasteiger partial charge >= 0.3 is 0 Å². The van der Waals surface area contributed by atoms with Crippen molar-refractivity contribution in [3.05, 3.63) is 24.0 Å². The number of hydrogen-bond acceptors (Lipinski definition) is 4. The maximum absolute atomic E-state index is 12.2. The minimum absolute atomic E-state index is 0.0150. The molecule has 2 atom stereocenters. The third-order valence-electron chi connectivity index (χ3n) is 3.05. The van der Waals surface area contributed by atoms with Crippen molar-refractivity contribution in [1.29, 1.82) is 0 Å². The molecule has 0 aromatic carbocycles. The minimum Gasteiger partial charge on any atom is -0.388 e. The van der Waals surface area contributed by atoms with Crippen LogP contribution in [0.25, 0.3) is 0 Å². The molecule has 1 saturated carbocycles. The van der Waals surface area contributed by atoms with E-state index in [1.807, 2.05) is 6.92 Å². The van der Waals surface area contributed by atoms with Crippen LogP contribution in [0.4, 0.5) is 0 Å². The van der Waals surface area contributed by atoms with Crippen molar-refractivity contribution in [2.45, 2.75) is 30.7 Å². The third-order valence-corrected chi connectivity index (χ3v) is 4.76. The predicted molar refractivity (Wildman–Crippen MR) is 72.6 cm³/mol. The van der Waals surface area contributed by atoms with E-state index < -0.39 is 10.0 Å². The number of thiocarbonyl (C=S) groups is 1. The fraction of sp³-hybridized carbons (Fsp3) is 0.455. The van der Waals surface area contributed by atoms with Gasteiger partial charge in [0.25, 0.3) is 0 Å². The van der Waals surface area contributed by atoms with E-state index in [9.17, 15) is 8.42 Å². The van der Waals surface area contributed by atoms with Crippen LogP contribution in [0.3, 0.4) is 0 Å². The van der Waals surface area contributed by atoms with Crippen LogP contribution in [-0.2, 0) is 10.0 Å². The van der Waals surface area contributed by atoms with Gasteiger partial charge in [-0.1, -0.05) is 25.6 Å². The Hall–Kier alpha value is -1.05. The van der Waals surface area contributed by atoms with Gasteiger partial charge in [0.05, 0.1) is 0 Å². The SMILES string of the molecule is CCC1CC1NS(=O)(=O)c1cccnc1C(N)=S. The van der Waals surface area contributed by atoms with Crippen LogP contribution >= 0.6 is 12.2 Å². The lowest BCUT2D eigenvalue weighted by atomic mass is 10.3. The molecule has 98 valence electrons. The highest BCUT2D eigenvalue weighted by Gasteiger charge is 2.39. The summed E-state index contributed by atoms with van der Waals surface area (Å²) in [4.78, 5) is 3.97. The minimum atomic E-state index is -3.60. The summed E-state index contributed by atoms with van der Waals surface area (Å²) in [5.74, 6) is 0.435. The molecule has 5 nitrogen and oxygen atoms in total. The lowest BCUT2D eigenvalue weighted by Crippen LogP contribution is -2.29. The Labute approximate surface area is 112 Å². The summed E-state index contributed by atoms with van der Waals surface area (Å²) in [5, 5.41) is 0. The van der Waals surface area contributed by atoms with Crippen LogP contribution in [0.15, 0.2) is 23.2 Å². The Morgan fingerprint density at radius 3 is 2.94 bits per heavy atom. The van der Waals surface area contributed by atoms with Crippen molar-refractivity contribution in [2.24, 2.45) is 11.7 Å². The number of hydrogen-bond donors (Lipinski definition) is 2. The maximum atomic E-state index is 12.2. The predicted octanol–water partition coefficient (Wildman–Crippen LogP) is 0.793. The van der Waals surface area contributed by atoms with E-state index in [1.165, 1.54) is 12.3 Å². The first-order valence-corrected chi connectivity index (χ1v) is 7.62. The summed E-state index contributed by atoms with van der Waals surface area (Å²) < 4.78 is 27.1. The zero-order valence-electron chi connectivity index (χ0n) is 9.96. The first-order chi connectivity index (χ1) is 8.45. The maximum Gasteiger partial charge on any atom is 0.243 e. The van der Waals surface area contributed by atoms with E-state index in [2.05, 4.69) is 9.71 Å². The lowest BCUT2D eigenvalue weighted by Gasteiger charge is -2.09. The quantitative estimate of drug-likeness (QED) is 0.781. The Morgan fingerprint density at radius 1 is 1.67 bits per heavy atom. The van der Waals surface area contributed by atoms with E-state index in [4.69, 9.17) is 18.0 Å². The van der Waals surface area contributed by atoms with E-state index in [1.54, 1.807) is 6.07 Å². The molecule has 1 aliphatic rings. The number of nitrogens with two attached hydrogens (primary N) is 1. The molecule has 1 aromatic heterocycles. The smallest absolute Gasteiger partial charge is 0.243 e. The Balaban J connectivity index is 2.28. The molecule has 0 saturated heterocycles. The monoisotopic (exact) mass is 285 g/mol. The molecule has 1 aliphatic carbocycles. The molecule has 3 N–H and O–H groups in total. The van der Waals surface area contributed by atoms with Gasteiger partial charge in [0.2, 0.25) is 10.0 Å². The molecule has 1 aromatic rings. The fourth-order valence-electron chi connectivity index (χ4n) is 1.90. The molecule has 0 radical (unpaired) electrons. The van der Waals surface area contributed by atoms with Gasteiger partial charge in [-0.05, 0) is 24.5 Å². The van der Waals surface area contributed by atoms with Crippen molar-refractivity contribution >= 4 is 27.2 Å². The zero-order chi connectivity index (χ0) is 13.3. The van der Waals surface area contributed by atoms with Crippen molar-refractivity contribution in [2.75, 3.05) is 0 Å². The first kappa shape index (κ1) is 13.4. The van der Waals surface area contributed by atoms with E-state index in [0.29, 0.717) is 5.92 Å². The van der Waals surface area contributed by atoms with Crippen molar-refractivity contribution in [3.63, 3.8) is 0 Å². The summed E-state index contributed by atoms with van der Waals surface area (Å²) in [6, 6.07) is 3.05. The molecular weight excluding hydrogens is 270 g/mol. The molecule has 2 unspecified atom stereocenters. The first-order valence-electron chi connectivity index (χ1n) is 5.73. The van der Waals surface area contributed by atoms with Gasteiger partial charge < -0.3 is 5.73 Å². The molecule has 0 amide bonds. The topological polar surface area (TPSA) is 85.1 Å². The normalized spacial score (nSPS) is 22.7. The molecule has 0 spiro atoms. The molecular formula is C11H15N3O2S2. The molecule has 1 fully saturated rings. The molecule has 0 aliphatic heterocycles. The second-order valence-corrected chi connectivity index (χ2v) is 6.47. The average molecular weight is 285 g/mol. The van der Waals surface area contributed by atoms with Gasteiger partial charge in [0, 0.05) is 12.2 Å². The van der Waals surface area contributed by atoms with Crippen molar-refractivity contribution < 1.29 is 8.42 Å². The number of pyridine rings is 1. The van der Waals surface area contributed by atoms with Crippen LogP contribution in [0.5, 0.6) is 0 Å². The summed E-state index contributed by atoms with van der Waals surface area (Å²) in [6.45, 7) is 2.05. The van der Waals surface area contributed by atoms with Gasteiger partial charge in [-0.15, -0.1) is 0 Å². The third kappa shape index (κ3) is 2.68. The van der Waals surface area contributed by atoms with Crippen molar-refractivity contribution in [1.82, 2.24) is 9.71 Å². The van der Waals surface area contributed by atoms with Crippen molar-refractivity contribution in [3.8, 4) is 0 Å². The van der Waals surface area contributed by atoms with E-state index in [0.717, 1.165) is 12.8 Å². The van der Waals surface area contributed by atoms with Gasteiger partial charge in [-0.3, -0.25) is 4.98 Å². The van der Waals surface area contributed by atoms with Gasteiger partial charge in [-0.25, -0.2) is 13.1 Å². The lowest BCUT2D eigenvalue weighted by molar-refractivity contribution is 0.575. The summed E-state index contributed by atoms with van der Waals surface area (Å²) >= 11 is 4.82. The summed E-state index contributed by atoms with van der Waals surface area (Å²) in [5.41, 5.74) is 5.63. The van der Waals surface area contributed by atoms with Gasteiger partial charge in [-0.2, -0.15) is 0 Å². The Morgan fingerprint density at radius 2 is 2.39 bits per heavy atom. The largest absolute Gasteiger partial charge is 0.388 e. The molecule has 18 heavy (non-hydrogen) atoms. The second-order valence-electron chi connectivity index (χ2n) is 4.35. The van der Waals surface area contributed by atoms with Gasteiger partial charge in [0.15, 0.2) is 0 Å². The van der Waals surface area contributed by atoms with Crippen LogP contribution in [0.1, 0.15) is 25.5 Å². The van der Waals surface area contributed by atoms with E-state index >= 15 is 0 Å². The Bertz CT molecular complexity index is 571. The highest BCUT2D eigenvalue weighted by molar-refractivity contribution is 7.89. The highest BCUT2D eigenvalue weighted by atomic mass is 32.2. The summed E-state index contributed by atoms with van der Waals surface area (Å²) in [7, 11) is -3.60. The van der Waals surface area contributed by atoms with Gasteiger partial charge in [0.1, 0.15) is 15.6 Å². The average Bonchev–Trinajstić information content (AvgIpc) is 3.06.